The number of nitrogens with zero attached hydrogens (tertiary/aromatic N) is 7. The van der Waals surface area contributed by atoms with Crippen LogP contribution in [0.1, 0.15) is 25.5 Å². The van der Waals surface area contributed by atoms with Crippen LogP contribution in [0.15, 0.2) is 30.6 Å². The highest BCUT2D eigenvalue weighted by Crippen LogP contribution is 2.32. The van der Waals surface area contributed by atoms with Gasteiger partial charge in [0.05, 0.1) is 22.9 Å². The van der Waals surface area contributed by atoms with Crippen LogP contribution in [0.25, 0.3) is 5.53 Å². The maximum Gasteiger partial charge on any atom is 0.441 e. The number of aromatic nitrogens is 4. The van der Waals surface area contributed by atoms with Gasteiger partial charge in [0, 0.05) is 18.1 Å². The zero-order valence-corrected chi connectivity index (χ0v) is 17.0. The van der Waals surface area contributed by atoms with Crippen molar-refractivity contribution in [2.24, 2.45) is 11.8 Å². The third kappa shape index (κ3) is 4.39. The number of non-ortho nitro benzene ring substituents is 1. The Bertz CT molecular complexity index is 1090. The molecule has 0 spiro atoms. The predicted octanol–water partition coefficient (Wildman–Crippen LogP) is -0.124. The van der Waals surface area contributed by atoms with Crippen molar-refractivity contribution in [2.75, 3.05) is 0 Å². The second-order valence-corrected chi connectivity index (χ2v) is 7.19. The molecule has 32 heavy (non-hydrogen) atoms. The van der Waals surface area contributed by atoms with Crippen LogP contribution in [0.5, 0.6) is 0 Å². The smallest absolute Gasteiger partial charge is 0.441 e. The lowest BCUT2D eigenvalue weighted by Gasteiger charge is -2.42. The van der Waals surface area contributed by atoms with E-state index in [4.69, 9.17) is 4.74 Å². The number of Topliss-reactive ketones (excluding diaryl/α,β-unsaturated/α-hetero) is 1. The van der Waals surface area contributed by atoms with Crippen LogP contribution in [0.4, 0.5) is 5.69 Å². The summed E-state index contributed by atoms with van der Waals surface area (Å²) in [6.07, 6.45) is 1.34. The van der Waals surface area contributed by atoms with Crippen molar-refractivity contribution >= 4 is 29.1 Å². The maximum absolute atomic E-state index is 12.8. The zero-order valence-electron chi connectivity index (χ0n) is 17.0. The fourth-order valence-electron chi connectivity index (χ4n) is 3.39. The van der Waals surface area contributed by atoms with Gasteiger partial charge < -0.3 is 15.6 Å². The van der Waals surface area contributed by atoms with Gasteiger partial charge >= 0.3 is 11.7 Å². The van der Waals surface area contributed by atoms with Gasteiger partial charge in [0.2, 0.25) is 5.91 Å². The highest BCUT2D eigenvalue weighted by molar-refractivity contribution is 6.62. The van der Waals surface area contributed by atoms with Crippen molar-refractivity contribution in [1.82, 2.24) is 25.5 Å². The number of ketones is 1. The molecule has 14 heteroatoms. The first-order chi connectivity index (χ1) is 15.2. The molecular formula is C18H18N8O6. The summed E-state index contributed by atoms with van der Waals surface area (Å²) in [6.45, 7) is 2.90. The Labute approximate surface area is 180 Å². The average molecular weight is 442 g/mol. The van der Waals surface area contributed by atoms with Gasteiger partial charge in [0.25, 0.3) is 11.5 Å². The van der Waals surface area contributed by atoms with E-state index in [1.54, 1.807) is 6.92 Å². The van der Waals surface area contributed by atoms with E-state index in [1.807, 2.05) is 0 Å². The fourth-order valence-corrected chi connectivity index (χ4v) is 3.39. The number of carbonyl (C=O) groups excluding carboxylic acids is 3. The molecular weight excluding hydrogens is 424 g/mol. The number of esters is 1. The second-order valence-electron chi connectivity index (χ2n) is 7.19. The minimum absolute atomic E-state index is 0.130. The van der Waals surface area contributed by atoms with Crippen molar-refractivity contribution in [3.63, 3.8) is 0 Å². The summed E-state index contributed by atoms with van der Waals surface area (Å²) in [7, 11) is 0. The molecule has 2 unspecified atom stereocenters. The topological polar surface area (TPSA) is 196 Å². The van der Waals surface area contributed by atoms with Crippen molar-refractivity contribution in [1.29, 1.82) is 0 Å². The number of nitrogens with one attached hydrogen (secondary N) is 1. The van der Waals surface area contributed by atoms with Crippen LogP contribution in [0.3, 0.4) is 0 Å². The number of nitro benzene ring substituents is 1. The molecule has 3 rings (SSSR count). The van der Waals surface area contributed by atoms with Crippen molar-refractivity contribution in [3.8, 4) is 0 Å². The first-order valence-corrected chi connectivity index (χ1v) is 9.44. The Morgan fingerprint density at radius 2 is 2.03 bits per heavy atom. The average Bonchev–Trinajstić information content (AvgIpc) is 3.31. The van der Waals surface area contributed by atoms with Crippen molar-refractivity contribution in [3.05, 3.63) is 51.8 Å². The molecule has 0 bridgehead atoms. The van der Waals surface area contributed by atoms with E-state index >= 15 is 0 Å². The molecule has 2 aromatic rings. The first-order valence-electron chi connectivity index (χ1n) is 9.44. The lowest BCUT2D eigenvalue weighted by molar-refractivity contribution is -0.384. The number of rotatable bonds is 9. The highest BCUT2D eigenvalue weighted by Gasteiger charge is 2.51. The summed E-state index contributed by atoms with van der Waals surface area (Å²) < 4.78 is 6.38. The molecule has 166 valence electrons. The number of amides is 1. The molecule has 1 fully saturated rings. The van der Waals surface area contributed by atoms with E-state index < -0.39 is 46.3 Å². The molecule has 0 aliphatic carbocycles. The van der Waals surface area contributed by atoms with Crippen LogP contribution in [-0.4, -0.2) is 59.3 Å². The molecule has 14 nitrogen and oxygen atoms in total. The quantitative estimate of drug-likeness (QED) is 0.0804. The lowest BCUT2D eigenvalue weighted by Crippen LogP contribution is -2.65. The molecule has 1 aromatic carbocycles. The molecule has 1 aliphatic heterocycles. The predicted molar refractivity (Wildman–Crippen MR) is 104 cm³/mol. The summed E-state index contributed by atoms with van der Waals surface area (Å²) >= 11 is 0. The third-order valence-electron chi connectivity index (χ3n) is 5.30. The first kappa shape index (κ1) is 22.4. The van der Waals surface area contributed by atoms with Crippen LogP contribution in [-0.2, 0) is 25.7 Å². The van der Waals surface area contributed by atoms with Crippen LogP contribution >= 0.6 is 0 Å². The van der Waals surface area contributed by atoms with E-state index in [0.29, 0.717) is 5.56 Å². The summed E-state index contributed by atoms with van der Waals surface area (Å²) in [6, 6.07) is 4.16. The van der Waals surface area contributed by atoms with Gasteiger partial charge in [0.15, 0.2) is 0 Å². The van der Waals surface area contributed by atoms with Crippen molar-refractivity contribution in [2.45, 2.75) is 32.5 Å². The van der Waals surface area contributed by atoms with Crippen LogP contribution in [0, 0.1) is 22.0 Å². The van der Waals surface area contributed by atoms with Crippen molar-refractivity contribution < 1.29 is 28.8 Å². The van der Waals surface area contributed by atoms with Gasteiger partial charge in [-0.05, 0) is 35.0 Å². The molecule has 1 N–H and O–H groups in total. The van der Waals surface area contributed by atoms with E-state index in [1.165, 1.54) is 42.2 Å². The van der Waals surface area contributed by atoms with E-state index in [0.717, 1.165) is 0 Å². The number of tetrazole rings is 1. The number of hydrogen-bond acceptors (Lipinski definition) is 9. The molecule has 1 aliphatic rings. The number of β-lactam (4-membered cyclic amide) rings is 1. The van der Waals surface area contributed by atoms with Gasteiger partial charge in [-0.1, -0.05) is 6.92 Å². The van der Waals surface area contributed by atoms with Crippen LogP contribution < -0.4 is 5.32 Å². The number of carbonyl (C=O) groups is 3. The van der Waals surface area contributed by atoms with Crippen LogP contribution in [0.2, 0.25) is 0 Å². The monoisotopic (exact) mass is 442 g/mol. The highest BCUT2D eigenvalue weighted by atomic mass is 16.6. The number of benzene rings is 1. The number of nitro groups is 1. The Morgan fingerprint density at radius 1 is 1.34 bits per heavy atom. The standard InChI is InChI=1S/C18H18N8O6/c1-9(14-13(17(28)21-14)10(2)25-8-20-23-24-25)16(27)15(22-19)18(29)32-7-11-3-5-12(6-4-11)26(30)31/h3-6,8-10,13-14H,7H2,1-2H3,(H,21,28)/t9-,10-,13?,14?/m1/s1. The normalized spacial score (nSPS) is 19.0. The second kappa shape index (κ2) is 9.22. The molecule has 0 saturated carbocycles. The lowest BCUT2D eigenvalue weighted by atomic mass is 9.75. The summed E-state index contributed by atoms with van der Waals surface area (Å²) in [4.78, 5) is 50.1. The summed E-state index contributed by atoms with van der Waals surface area (Å²) in [5, 5.41) is 24.1. The van der Waals surface area contributed by atoms with Gasteiger partial charge in [-0.25, -0.2) is 9.48 Å². The SMILES string of the molecule is C[C@H](C1C(=O)NC1[C@@H](C)C(=O)C(=[N+]=[N-])C(=O)OCc1ccc([N+](=O)[O-])cc1)n1cnnn1. The molecule has 2 heterocycles. The summed E-state index contributed by atoms with van der Waals surface area (Å²) in [5.41, 5.74) is 8.71. The molecule has 1 amide bonds. The molecule has 1 saturated heterocycles. The largest absolute Gasteiger partial charge is 0.452 e. The van der Waals surface area contributed by atoms with Gasteiger partial charge in [-0.3, -0.25) is 19.7 Å². The molecule has 1 aromatic heterocycles. The zero-order chi connectivity index (χ0) is 23.4. The summed E-state index contributed by atoms with van der Waals surface area (Å²) in [5.74, 6) is -3.84. The van der Waals surface area contributed by atoms with E-state index in [2.05, 4.69) is 25.6 Å². The van der Waals surface area contributed by atoms with E-state index in [-0.39, 0.29) is 18.2 Å². The van der Waals surface area contributed by atoms with Gasteiger partial charge in [-0.15, -0.1) is 5.10 Å². The van der Waals surface area contributed by atoms with E-state index in [9.17, 15) is 30.0 Å². The number of hydrogen-bond donors (Lipinski definition) is 1. The Hall–Kier alpha value is -4.32. The fraction of sp³-hybridized carbons (Fsp3) is 0.389. The molecule has 4 atom stereocenters. The van der Waals surface area contributed by atoms with Gasteiger partial charge in [0.1, 0.15) is 12.9 Å². The maximum atomic E-state index is 12.8. The Kier molecular flexibility index (Phi) is 6.45. The number of ether oxygens (including phenoxy) is 1. The Morgan fingerprint density at radius 3 is 2.56 bits per heavy atom. The van der Waals surface area contributed by atoms with Gasteiger partial charge in [-0.2, -0.15) is 4.79 Å². The third-order valence-corrected chi connectivity index (χ3v) is 5.30. The minimum atomic E-state index is -1.17. The Balaban J connectivity index is 1.64. The molecule has 0 radical (unpaired) electrons. The minimum Gasteiger partial charge on any atom is -0.452 e.